The van der Waals surface area contributed by atoms with Crippen molar-refractivity contribution < 1.29 is 22.8 Å². The van der Waals surface area contributed by atoms with E-state index in [1.54, 1.807) is 0 Å². The van der Waals surface area contributed by atoms with Gasteiger partial charge in [0.15, 0.2) is 25.0 Å². The molecule has 300 valence electrons. The molecule has 1 aliphatic rings. The lowest BCUT2D eigenvalue weighted by molar-refractivity contribution is -0.143. The number of esters is 1. The minimum absolute atomic E-state index is 0.0692. The first-order valence-electron chi connectivity index (χ1n) is 22.0. The predicted molar refractivity (Wildman–Crippen MR) is 231 cm³/mol. The van der Waals surface area contributed by atoms with Crippen molar-refractivity contribution in [2.45, 2.75) is 206 Å². The van der Waals surface area contributed by atoms with E-state index in [2.05, 4.69) is 105 Å². The molecule has 0 radical (unpaired) electrons. The fraction of sp³-hybridized carbons (Fsp3) is 0.795. The fourth-order valence-electron chi connectivity index (χ4n) is 8.76. The van der Waals surface area contributed by atoms with E-state index in [0.717, 1.165) is 57.8 Å². The maximum atomic E-state index is 12.1. The number of benzene rings is 1. The van der Waals surface area contributed by atoms with Crippen molar-refractivity contribution >= 4 is 30.9 Å². The van der Waals surface area contributed by atoms with Crippen molar-refractivity contribution in [3.63, 3.8) is 0 Å². The Hall–Kier alpha value is -1.04. The van der Waals surface area contributed by atoms with Crippen molar-refractivity contribution in [2.24, 2.45) is 11.8 Å². The monoisotopic (exact) mass is 775 g/mol. The SMILES string of the molecule is CCCOC(=O)CCC/C=C\C[C@@H]1[C@@H](CC[C@H](CCc2ccccc2)O[Si](CC)(CC)CC)[C@H](O[Si](CC)(CC)CC)C[C@@H]1O[Si](CC)(CC)CC. The minimum atomic E-state index is -1.84. The Balaban J connectivity index is 2.45. The summed E-state index contributed by atoms with van der Waals surface area (Å²) in [5.74, 6) is 0.821. The molecule has 1 aliphatic carbocycles. The molecule has 0 spiro atoms. The van der Waals surface area contributed by atoms with Crippen molar-refractivity contribution in [3.05, 3.63) is 48.0 Å². The van der Waals surface area contributed by atoms with Crippen molar-refractivity contribution in [2.75, 3.05) is 6.61 Å². The van der Waals surface area contributed by atoms with E-state index in [0.29, 0.717) is 24.9 Å². The molecule has 0 N–H and O–H groups in total. The second kappa shape index (κ2) is 25.2. The average Bonchev–Trinajstić information content (AvgIpc) is 3.50. The van der Waals surface area contributed by atoms with Gasteiger partial charge in [-0.2, -0.15) is 0 Å². The Bertz CT molecular complexity index is 1080. The number of unbranched alkanes of at least 4 members (excludes halogenated alkanes) is 1. The molecule has 0 unspecified atom stereocenters. The molecule has 0 aromatic heterocycles. The maximum Gasteiger partial charge on any atom is 0.305 e. The number of aryl methyl sites for hydroxylation is 1. The summed E-state index contributed by atoms with van der Waals surface area (Å²) in [5, 5.41) is 0. The van der Waals surface area contributed by atoms with Gasteiger partial charge in [-0.1, -0.05) is 112 Å². The second-order valence-corrected chi connectivity index (χ2v) is 29.9. The predicted octanol–water partition coefficient (Wildman–Crippen LogP) is 13.3. The zero-order valence-electron chi connectivity index (χ0n) is 35.6. The molecule has 5 nitrogen and oxygen atoms in total. The first kappa shape index (κ1) is 47.1. The summed E-state index contributed by atoms with van der Waals surface area (Å²) in [6.45, 7) is 23.9. The van der Waals surface area contributed by atoms with E-state index < -0.39 is 25.0 Å². The highest BCUT2D eigenvalue weighted by Crippen LogP contribution is 2.46. The van der Waals surface area contributed by atoms with Gasteiger partial charge in [0.2, 0.25) is 0 Å². The van der Waals surface area contributed by atoms with Gasteiger partial charge < -0.3 is 18.0 Å². The molecule has 5 atom stereocenters. The molecule has 1 saturated carbocycles. The Morgan fingerprint density at radius 3 is 1.77 bits per heavy atom. The quantitative estimate of drug-likeness (QED) is 0.0351. The van der Waals surface area contributed by atoms with Crippen molar-refractivity contribution in [1.82, 2.24) is 0 Å². The van der Waals surface area contributed by atoms with Crippen LogP contribution in [0.15, 0.2) is 42.5 Å². The van der Waals surface area contributed by atoms with Crippen LogP contribution < -0.4 is 0 Å². The number of allylic oxidation sites excluding steroid dienone is 2. The smallest absolute Gasteiger partial charge is 0.305 e. The van der Waals surface area contributed by atoms with Crippen LogP contribution in [0.4, 0.5) is 0 Å². The fourth-order valence-corrected chi connectivity index (χ4v) is 17.5. The number of hydrogen-bond donors (Lipinski definition) is 0. The summed E-state index contributed by atoms with van der Waals surface area (Å²) in [5.41, 5.74) is 1.41. The van der Waals surface area contributed by atoms with Gasteiger partial charge >= 0.3 is 5.97 Å². The number of ether oxygens (including phenoxy) is 1. The molecule has 52 heavy (non-hydrogen) atoms. The van der Waals surface area contributed by atoms with E-state index in [4.69, 9.17) is 18.0 Å². The zero-order valence-corrected chi connectivity index (χ0v) is 38.6. The van der Waals surface area contributed by atoms with Crippen LogP contribution in [0.3, 0.4) is 0 Å². The normalized spacial score (nSPS) is 20.5. The third-order valence-corrected chi connectivity index (χ3v) is 27.2. The average molecular weight is 775 g/mol. The summed E-state index contributed by atoms with van der Waals surface area (Å²) in [4.78, 5) is 12.1. The van der Waals surface area contributed by atoms with Gasteiger partial charge in [0, 0.05) is 12.5 Å². The summed E-state index contributed by atoms with van der Waals surface area (Å²) >= 11 is 0. The lowest BCUT2D eigenvalue weighted by Crippen LogP contribution is -2.42. The first-order chi connectivity index (χ1) is 25.1. The van der Waals surface area contributed by atoms with Gasteiger partial charge in [0.25, 0.3) is 0 Å². The van der Waals surface area contributed by atoms with E-state index in [1.807, 2.05) is 6.92 Å². The third-order valence-electron chi connectivity index (χ3n) is 13.2. The highest BCUT2D eigenvalue weighted by Gasteiger charge is 2.49. The largest absolute Gasteiger partial charge is 0.466 e. The Morgan fingerprint density at radius 1 is 0.712 bits per heavy atom. The number of rotatable bonds is 29. The van der Waals surface area contributed by atoms with Crippen molar-refractivity contribution in [3.8, 4) is 0 Å². The lowest BCUT2D eigenvalue weighted by Gasteiger charge is -2.37. The van der Waals surface area contributed by atoms with Crippen LogP contribution in [0.25, 0.3) is 0 Å². The van der Waals surface area contributed by atoms with Gasteiger partial charge in [-0.3, -0.25) is 4.79 Å². The van der Waals surface area contributed by atoms with E-state index in [-0.39, 0.29) is 24.3 Å². The summed E-state index contributed by atoms with van der Waals surface area (Å²) in [6, 6.07) is 21.6. The van der Waals surface area contributed by atoms with Crippen LogP contribution in [0.5, 0.6) is 0 Å². The second-order valence-electron chi connectivity index (χ2n) is 15.8. The summed E-state index contributed by atoms with van der Waals surface area (Å²) < 4.78 is 27.7. The zero-order chi connectivity index (χ0) is 38.5. The third kappa shape index (κ3) is 14.6. The molecule has 8 heteroatoms. The Kier molecular flexibility index (Phi) is 22.8. The molecule has 1 aromatic carbocycles. The molecule has 0 heterocycles. The van der Waals surface area contributed by atoms with Crippen LogP contribution >= 0.6 is 0 Å². The van der Waals surface area contributed by atoms with Crippen LogP contribution in [-0.4, -0.2) is 55.8 Å². The number of carbonyl (C=O) groups excluding carboxylic acids is 1. The van der Waals surface area contributed by atoms with Gasteiger partial charge in [-0.05, 0) is 130 Å². The van der Waals surface area contributed by atoms with Gasteiger partial charge in [0.05, 0.1) is 18.8 Å². The molecule has 0 amide bonds. The Morgan fingerprint density at radius 2 is 1.25 bits per heavy atom. The van der Waals surface area contributed by atoms with Crippen LogP contribution in [0, 0.1) is 11.8 Å². The topological polar surface area (TPSA) is 54.0 Å². The molecule has 2 rings (SSSR count). The summed E-state index contributed by atoms with van der Waals surface area (Å²) in [7, 11) is -5.45. The molecular weight excluding hydrogens is 693 g/mol. The molecule has 0 aliphatic heterocycles. The highest BCUT2D eigenvalue weighted by molar-refractivity contribution is 6.74. The number of carbonyl (C=O) groups is 1. The first-order valence-corrected chi connectivity index (χ1v) is 29.6. The molecule has 1 fully saturated rings. The van der Waals surface area contributed by atoms with Crippen LogP contribution in [-0.2, 0) is 29.2 Å². The van der Waals surface area contributed by atoms with Crippen LogP contribution in [0.1, 0.15) is 133 Å². The summed E-state index contributed by atoms with van der Waals surface area (Å²) in [6.07, 6.45) is 15.0. The molecule has 0 bridgehead atoms. The maximum absolute atomic E-state index is 12.1. The van der Waals surface area contributed by atoms with Gasteiger partial charge in [-0.15, -0.1) is 0 Å². The molecular formula is C44H82O5Si3. The number of hydrogen-bond acceptors (Lipinski definition) is 5. The minimum Gasteiger partial charge on any atom is -0.466 e. The van der Waals surface area contributed by atoms with Gasteiger partial charge in [0.1, 0.15) is 0 Å². The van der Waals surface area contributed by atoms with E-state index in [9.17, 15) is 4.79 Å². The van der Waals surface area contributed by atoms with E-state index >= 15 is 0 Å². The van der Waals surface area contributed by atoms with Crippen molar-refractivity contribution in [1.29, 1.82) is 0 Å². The molecule has 1 aromatic rings. The van der Waals surface area contributed by atoms with Crippen LogP contribution in [0.2, 0.25) is 54.4 Å². The van der Waals surface area contributed by atoms with Gasteiger partial charge in [-0.25, -0.2) is 0 Å². The lowest BCUT2D eigenvalue weighted by atomic mass is 9.85. The van der Waals surface area contributed by atoms with E-state index in [1.165, 1.54) is 60.0 Å². The standard InChI is InChI=1S/C44H82O5Si3/c1-11-36-46-44(45)31-27-22-21-26-30-40-41(35-34-39(47-50(12-2,13-3)14-4)33-32-38-28-24-23-25-29-38)43(49-52(18-8,19-9)20-10)37-42(40)48-51(15-5,16-6)17-7/h21,23-26,28-29,39-43H,11-20,22,27,30-37H2,1-10H3/b26-21-/t39-,40+,41+,42-,43+/m0/s1. The molecule has 0 saturated heterocycles. The highest BCUT2D eigenvalue weighted by atomic mass is 28.4. The Labute approximate surface area is 325 Å².